The van der Waals surface area contributed by atoms with Crippen molar-refractivity contribution in [1.82, 2.24) is 4.31 Å². The van der Waals surface area contributed by atoms with Crippen molar-refractivity contribution in [1.29, 1.82) is 0 Å². The van der Waals surface area contributed by atoms with Crippen LogP contribution in [0.3, 0.4) is 0 Å². The van der Waals surface area contributed by atoms with E-state index in [4.69, 9.17) is 15.2 Å². The highest BCUT2D eigenvalue weighted by Gasteiger charge is 2.44. The number of carbonyl (C=O) groups excluding carboxylic acids is 3. The monoisotopic (exact) mass is 658 g/mol. The molecule has 13 nitrogen and oxygen atoms in total. The van der Waals surface area contributed by atoms with Gasteiger partial charge in [0.25, 0.3) is 21.6 Å². The Kier molecular flexibility index (Phi) is 12.7. The van der Waals surface area contributed by atoms with E-state index >= 15 is 4.39 Å². The minimum Gasteiger partial charge on any atom is -0.465 e. The summed E-state index contributed by atoms with van der Waals surface area (Å²) in [5, 5.41) is 14.2. The summed E-state index contributed by atoms with van der Waals surface area (Å²) in [6, 6.07) is 14.8. The predicted molar refractivity (Wildman–Crippen MR) is 166 cm³/mol. The van der Waals surface area contributed by atoms with Crippen molar-refractivity contribution < 1.29 is 41.6 Å². The largest absolute Gasteiger partial charge is 0.465 e. The molecule has 0 aliphatic heterocycles. The van der Waals surface area contributed by atoms with Gasteiger partial charge in [-0.15, -0.1) is 0 Å². The number of nitro groups is 1. The second kappa shape index (κ2) is 16.4. The SMILES string of the molecule is CCOC(=O)[C@H](CC(F)CCN)N(C(=O)[C@H](Cc1ccccc1)Nc1ccccc1C(=O)OC)S(=O)(=O)c1ccc([N+](=O)[O-])cc1. The number of methoxy groups -OCH3 is 1. The number of rotatable bonds is 16. The summed E-state index contributed by atoms with van der Waals surface area (Å²) < 4.78 is 53.9. The third-order valence-electron chi connectivity index (χ3n) is 6.87. The number of nitrogens with two attached hydrogens (primary N) is 1. The van der Waals surface area contributed by atoms with Gasteiger partial charge in [-0.25, -0.2) is 26.7 Å². The fourth-order valence-electron chi connectivity index (χ4n) is 4.65. The first-order valence-corrected chi connectivity index (χ1v) is 15.7. The molecule has 3 rings (SSSR count). The first kappa shape index (κ1) is 35.6. The maximum atomic E-state index is 15.1. The molecule has 0 bridgehead atoms. The molecule has 0 radical (unpaired) electrons. The predicted octanol–water partition coefficient (Wildman–Crippen LogP) is 3.63. The van der Waals surface area contributed by atoms with Crippen LogP contribution >= 0.6 is 0 Å². The van der Waals surface area contributed by atoms with E-state index in [0.717, 1.165) is 24.3 Å². The maximum Gasteiger partial charge on any atom is 0.339 e. The van der Waals surface area contributed by atoms with Gasteiger partial charge in [-0.1, -0.05) is 42.5 Å². The number of sulfonamides is 1. The number of alkyl halides is 1. The Hall–Kier alpha value is -4.89. The number of nitrogens with one attached hydrogen (secondary N) is 1. The molecule has 3 atom stereocenters. The van der Waals surface area contributed by atoms with Crippen LogP contribution < -0.4 is 11.1 Å². The number of para-hydroxylation sites is 1. The minimum atomic E-state index is -5.00. The number of nitro benzene ring substituents is 1. The average Bonchev–Trinajstić information content (AvgIpc) is 3.04. The fraction of sp³-hybridized carbons (Fsp3) is 0.323. The zero-order valence-electron chi connectivity index (χ0n) is 25.2. The number of carbonyl (C=O) groups is 3. The van der Waals surface area contributed by atoms with Gasteiger partial charge < -0.3 is 20.5 Å². The summed E-state index contributed by atoms with van der Waals surface area (Å²) in [6.07, 6.45) is -2.96. The Morgan fingerprint density at radius 2 is 1.65 bits per heavy atom. The number of benzene rings is 3. The summed E-state index contributed by atoms with van der Waals surface area (Å²) in [5.74, 6) is -3.11. The number of hydrogen-bond acceptors (Lipinski definition) is 11. The summed E-state index contributed by atoms with van der Waals surface area (Å²) in [5.41, 5.74) is 5.82. The summed E-state index contributed by atoms with van der Waals surface area (Å²) in [4.78, 5) is 50.4. The lowest BCUT2D eigenvalue weighted by Gasteiger charge is -2.33. The molecule has 246 valence electrons. The number of ether oxygens (including phenoxy) is 2. The van der Waals surface area contributed by atoms with Gasteiger partial charge >= 0.3 is 11.9 Å². The molecule has 46 heavy (non-hydrogen) atoms. The Bertz CT molecular complexity index is 1620. The second-order valence-electron chi connectivity index (χ2n) is 9.99. The van der Waals surface area contributed by atoms with Crippen molar-refractivity contribution >= 4 is 39.2 Å². The van der Waals surface area contributed by atoms with Crippen molar-refractivity contribution in [3.8, 4) is 0 Å². The Labute approximate surface area is 265 Å². The number of esters is 2. The van der Waals surface area contributed by atoms with E-state index < -0.39 is 68.1 Å². The van der Waals surface area contributed by atoms with E-state index in [1.807, 2.05) is 0 Å². The highest BCUT2D eigenvalue weighted by atomic mass is 32.2. The molecule has 0 aliphatic rings. The van der Waals surface area contributed by atoms with E-state index in [2.05, 4.69) is 5.32 Å². The van der Waals surface area contributed by atoms with Crippen LogP contribution in [-0.4, -0.2) is 74.0 Å². The molecule has 3 aromatic carbocycles. The van der Waals surface area contributed by atoms with Crippen LogP contribution in [0.4, 0.5) is 15.8 Å². The number of nitrogens with zero attached hydrogens (tertiary/aromatic N) is 2. The van der Waals surface area contributed by atoms with Gasteiger partial charge in [0.1, 0.15) is 18.3 Å². The number of hydrogen-bond donors (Lipinski definition) is 2. The molecule has 15 heteroatoms. The smallest absolute Gasteiger partial charge is 0.339 e. The number of non-ortho nitro benzene ring substituents is 1. The quantitative estimate of drug-likeness (QED) is 0.130. The van der Waals surface area contributed by atoms with Crippen molar-refractivity contribution in [2.24, 2.45) is 5.73 Å². The summed E-state index contributed by atoms with van der Waals surface area (Å²) in [6.45, 7) is 1.13. The summed E-state index contributed by atoms with van der Waals surface area (Å²) >= 11 is 0. The van der Waals surface area contributed by atoms with Crippen LogP contribution in [0.25, 0.3) is 0 Å². The first-order chi connectivity index (χ1) is 21.9. The molecule has 0 spiro atoms. The average molecular weight is 659 g/mol. The van der Waals surface area contributed by atoms with Gasteiger partial charge in [-0.3, -0.25) is 14.9 Å². The molecule has 1 unspecified atom stereocenters. The summed E-state index contributed by atoms with van der Waals surface area (Å²) in [7, 11) is -3.83. The highest BCUT2D eigenvalue weighted by Crippen LogP contribution is 2.28. The third-order valence-corrected chi connectivity index (χ3v) is 8.69. The zero-order chi connectivity index (χ0) is 33.9. The zero-order valence-corrected chi connectivity index (χ0v) is 26.0. The van der Waals surface area contributed by atoms with Crippen molar-refractivity contribution in [3.63, 3.8) is 0 Å². The normalized spacial score (nSPS) is 13.1. The van der Waals surface area contributed by atoms with Crippen LogP contribution in [0.5, 0.6) is 0 Å². The molecular weight excluding hydrogens is 623 g/mol. The third kappa shape index (κ3) is 8.85. The molecule has 3 N–H and O–H groups in total. The number of amides is 1. The Balaban J connectivity index is 2.25. The van der Waals surface area contributed by atoms with Crippen molar-refractivity contribution in [2.45, 2.75) is 49.3 Å². The van der Waals surface area contributed by atoms with Crippen LogP contribution in [0, 0.1) is 10.1 Å². The van der Waals surface area contributed by atoms with Crippen LogP contribution in [-0.2, 0) is 35.5 Å². The van der Waals surface area contributed by atoms with E-state index in [-0.39, 0.29) is 41.5 Å². The molecule has 0 aromatic heterocycles. The number of halogens is 1. The fourth-order valence-corrected chi connectivity index (χ4v) is 6.23. The Morgan fingerprint density at radius 1 is 1.02 bits per heavy atom. The van der Waals surface area contributed by atoms with Crippen molar-refractivity contribution in [3.05, 3.63) is 100 Å². The van der Waals surface area contributed by atoms with Crippen LogP contribution in [0.15, 0.2) is 83.8 Å². The Morgan fingerprint density at radius 3 is 2.24 bits per heavy atom. The number of anilines is 1. The van der Waals surface area contributed by atoms with E-state index in [9.17, 15) is 32.9 Å². The maximum absolute atomic E-state index is 15.1. The van der Waals surface area contributed by atoms with Gasteiger partial charge in [0.15, 0.2) is 0 Å². The van der Waals surface area contributed by atoms with Crippen molar-refractivity contribution in [2.75, 3.05) is 25.6 Å². The molecule has 0 heterocycles. The van der Waals surface area contributed by atoms with E-state index in [1.54, 1.807) is 42.5 Å². The highest BCUT2D eigenvalue weighted by molar-refractivity contribution is 7.89. The molecule has 1 amide bonds. The van der Waals surface area contributed by atoms with Gasteiger partial charge in [0.05, 0.1) is 29.1 Å². The molecule has 0 fully saturated rings. The van der Waals surface area contributed by atoms with Crippen LogP contribution in [0.2, 0.25) is 0 Å². The first-order valence-electron chi connectivity index (χ1n) is 14.3. The second-order valence-corrected chi connectivity index (χ2v) is 11.8. The topological polar surface area (TPSA) is 188 Å². The lowest BCUT2D eigenvalue weighted by Crippen LogP contribution is -2.55. The standard InChI is InChI=1S/C31H35FN4O9S/c1-3-45-31(39)28(20-22(32)17-18-33)35(46(42,43)24-15-13-23(14-16-24)36(40)41)29(37)27(19-21-9-5-4-6-10-21)34-26-12-8-7-11-25(26)30(38)44-2/h4-16,22,27-28,34H,3,17-20,33H2,1-2H3/t22?,27-,28-/m0/s1. The van der Waals surface area contributed by atoms with E-state index in [0.29, 0.717) is 5.56 Å². The molecule has 0 saturated heterocycles. The molecule has 0 saturated carbocycles. The lowest BCUT2D eigenvalue weighted by atomic mass is 10.0. The minimum absolute atomic E-state index is 0.0364. The van der Waals surface area contributed by atoms with Gasteiger partial charge in [-0.05, 0) is 49.7 Å². The van der Waals surface area contributed by atoms with Gasteiger partial charge in [0, 0.05) is 30.7 Å². The van der Waals surface area contributed by atoms with Crippen LogP contribution in [0.1, 0.15) is 35.7 Å². The molecule has 0 aliphatic carbocycles. The molecular formula is C31H35FN4O9S. The lowest BCUT2D eigenvalue weighted by molar-refractivity contribution is -0.384. The van der Waals surface area contributed by atoms with E-state index in [1.165, 1.54) is 26.2 Å². The van der Waals surface area contributed by atoms with Gasteiger partial charge in [0.2, 0.25) is 0 Å². The molecule has 3 aromatic rings. The van der Waals surface area contributed by atoms with Gasteiger partial charge in [-0.2, -0.15) is 0 Å².